The average molecular weight is 370 g/mol. The summed E-state index contributed by atoms with van der Waals surface area (Å²) in [4.78, 5) is 40.0. The monoisotopic (exact) mass is 370 g/mol. The number of benzene rings is 1. The molecule has 1 atom stereocenters. The van der Waals surface area contributed by atoms with E-state index in [0.717, 1.165) is 9.80 Å². The van der Waals surface area contributed by atoms with Crippen LogP contribution in [0.4, 0.5) is 4.79 Å². The van der Waals surface area contributed by atoms with Crippen molar-refractivity contribution in [2.24, 2.45) is 5.41 Å². The van der Waals surface area contributed by atoms with E-state index in [2.05, 4.69) is 12.5 Å². The number of hydrogen-bond acceptors (Lipinski definition) is 4. The number of carbonyl (C=O) groups excluding carboxylic acids is 2. The van der Waals surface area contributed by atoms with Gasteiger partial charge in [0, 0.05) is 31.6 Å². The average Bonchev–Trinajstić information content (AvgIpc) is 2.80. The van der Waals surface area contributed by atoms with E-state index in [1.165, 1.54) is 13.2 Å². The van der Waals surface area contributed by atoms with Gasteiger partial charge in [-0.1, -0.05) is 6.08 Å². The van der Waals surface area contributed by atoms with Crippen LogP contribution < -0.4 is 4.74 Å². The number of allylic oxidation sites excluding steroid dienone is 1. The molecule has 7 heteroatoms. The number of amides is 3. The molecule has 1 aromatic rings. The molecule has 1 aromatic carbocycles. The van der Waals surface area contributed by atoms with E-state index in [0.29, 0.717) is 11.3 Å². The van der Waals surface area contributed by atoms with Gasteiger partial charge in [0.25, 0.3) is 5.91 Å². The maximum absolute atomic E-state index is 13.3. The van der Waals surface area contributed by atoms with Crippen LogP contribution in [0.1, 0.15) is 23.2 Å². The van der Waals surface area contributed by atoms with E-state index in [4.69, 9.17) is 11.2 Å². The predicted octanol–water partition coefficient (Wildman–Crippen LogP) is 2.24. The fraction of sp³-hybridized carbons (Fsp3) is 0.350. The van der Waals surface area contributed by atoms with Gasteiger partial charge in [-0.15, -0.1) is 18.9 Å². The Morgan fingerprint density at radius 2 is 2.04 bits per heavy atom. The van der Waals surface area contributed by atoms with Crippen molar-refractivity contribution in [3.63, 3.8) is 0 Å². The van der Waals surface area contributed by atoms with Crippen molar-refractivity contribution in [1.82, 2.24) is 9.80 Å². The van der Waals surface area contributed by atoms with Gasteiger partial charge in [0.05, 0.1) is 12.5 Å². The van der Waals surface area contributed by atoms with Crippen LogP contribution in [-0.2, 0) is 4.79 Å². The van der Waals surface area contributed by atoms with Crippen LogP contribution in [0.2, 0.25) is 0 Å². The first kappa shape index (κ1) is 20.0. The zero-order chi connectivity index (χ0) is 20.0. The summed E-state index contributed by atoms with van der Waals surface area (Å²) in [6.45, 7) is 3.56. The van der Waals surface area contributed by atoms with Crippen molar-refractivity contribution in [2.45, 2.75) is 12.8 Å². The summed E-state index contributed by atoms with van der Waals surface area (Å²) in [6.07, 6.45) is 6.00. The molecule has 0 saturated carbocycles. The molecule has 27 heavy (non-hydrogen) atoms. The molecule has 1 aliphatic rings. The van der Waals surface area contributed by atoms with Crippen molar-refractivity contribution >= 4 is 17.9 Å². The summed E-state index contributed by atoms with van der Waals surface area (Å²) in [6, 6.07) is 6.37. The second-order valence-electron chi connectivity index (χ2n) is 6.35. The highest BCUT2D eigenvalue weighted by atomic mass is 16.5. The highest BCUT2D eigenvalue weighted by Crippen LogP contribution is 2.33. The minimum Gasteiger partial charge on any atom is -0.497 e. The van der Waals surface area contributed by atoms with Gasteiger partial charge in [0.1, 0.15) is 5.75 Å². The van der Waals surface area contributed by atoms with Crippen molar-refractivity contribution in [3.05, 3.63) is 42.5 Å². The number of terminal acetylenes is 1. The normalized spacial score (nSPS) is 19.8. The zero-order valence-corrected chi connectivity index (χ0v) is 15.2. The molecule has 0 aromatic heterocycles. The summed E-state index contributed by atoms with van der Waals surface area (Å²) in [5, 5.41) is 9.44. The number of methoxy groups -OCH3 is 1. The molecule has 7 nitrogen and oxygen atoms in total. The highest BCUT2D eigenvalue weighted by Gasteiger charge is 2.46. The Morgan fingerprint density at radius 1 is 1.37 bits per heavy atom. The predicted molar refractivity (Wildman–Crippen MR) is 99.3 cm³/mol. The Balaban J connectivity index is 2.43. The third kappa shape index (κ3) is 4.11. The Hall–Kier alpha value is -3.27. The SMILES string of the molecule is C#CCC1(CC=C)CN(C(=O)O)CCN(C(=O)c2ccc(OC)cc2)C1=O. The molecule has 1 N–H and O–H groups in total. The molecule has 1 saturated heterocycles. The number of nitrogens with zero attached hydrogens (tertiary/aromatic N) is 2. The van der Waals surface area contributed by atoms with Gasteiger partial charge >= 0.3 is 6.09 Å². The first-order valence-electron chi connectivity index (χ1n) is 8.41. The maximum atomic E-state index is 13.3. The second kappa shape index (κ2) is 8.41. The van der Waals surface area contributed by atoms with Crippen LogP contribution in [0.15, 0.2) is 36.9 Å². The van der Waals surface area contributed by atoms with Crippen molar-refractivity contribution < 1.29 is 24.2 Å². The number of hydrogen-bond donors (Lipinski definition) is 1. The van der Waals surface area contributed by atoms with E-state index < -0.39 is 23.3 Å². The molecule has 0 aliphatic carbocycles. The summed E-state index contributed by atoms with van der Waals surface area (Å²) >= 11 is 0. The van der Waals surface area contributed by atoms with Gasteiger partial charge < -0.3 is 14.7 Å². The fourth-order valence-electron chi connectivity index (χ4n) is 3.19. The molecular weight excluding hydrogens is 348 g/mol. The van der Waals surface area contributed by atoms with E-state index in [1.54, 1.807) is 24.3 Å². The molecular formula is C20H22N2O5. The van der Waals surface area contributed by atoms with Gasteiger partial charge in [-0.2, -0.15) is 0 Å². The molecule has 0 bridgehead atoms. The summed E-state index contributed by atoms with van der Waals surface area (Å²) in [7, 11) is 1.51. The van der Waals surface area contributed by atoms with Crippen LogP contribution in [0.25, 0.3) is 0 Å². The largest absolute Gasteiger partial charge is 0.497 e. The molecule has 0 radical (unpaired) electrons. The molecule has 2 rings (SSSR count). The van der Waals surface area contributed by atoms with E-state index >= 15 is 0 Å². The van der Waals surface area contributed by atoms with Gasteiger partial charge in [0.15, 0.2) is 0 Å². The topological polar surface area (TPSA) is 87.2 Å². The zero-order valence-electron chi connectivity index (χ0n) is 15.2. The van der Waals surface area contributed by atoms with Gasteiger partial charge in [-0.3, -0.25) is 14.5 Å². The Labute approximate surface area is 158 Å². The molecule has 3 amide bonds. The van der Waals surface area contributed by atoms with E-state index in [1.807, 2.05) is 0 Å². The lowest BCUT2D eigenvalue weighted by Crippen LogP contribution is -2.48. The third-order valence-electron chi connectivity index (χ3n) is 4.61. The molecule has 0 spiro atoms. The third-order valence-corrected chi connectivity index (χ3v) is 4.61. The van der Waals surface area contributed by atoms with Gasteiger partial charge in [-0.25, -0.2) is 4.79 Å². The van der Waals surface area contributed by atoms with Crippen LogP contribution >= 0.6 is 0 Å². The molecule has 142 valence electrons. The Morgan fingerprint density at radius 3 is 2.56 bits per heavy atom. The number of ether oxygens (including phenoxy) is 1. The maximum Gasteiger partial charge on any atom is 0.407 e. The van der Waals surface area contributed by atoms with Crippen molar-refractivity contribution in [1.29, 1.82) is 0 Å². The lowest BCUT2D eigenvalue weighted by atomic mass is 9.79. The highest BCUT2D eigenvalue weighted by molar-refractivity contribution is 6.06. The van der Waals surface area contributed by atoms with Crippen LogP contribution in [0.3, 0.4) is 0 Å². The first-order valence-corrected chi connectivity index (χ1v) is 8.41. The number of imide groups is 1. The van der Waals surface area contributed by atoms with Crippen LogP contribution in [0, 0.1) is 17.8 Å². The number of carboxylic acid groups (broad SMARTS) is 1. The first-order chi connectivity index (χ1) is 12.9. The Kier molecular flexibility index (Phi) is 6.24. The standard InChI is InChI=1S/C20H22N2O5/c1-4-10-20(11-5-2)14-21(19(25)26)12-13-22(18(20)24)17(23)15-6-8-16(27-3)9-7-15/h1,5-9H,2,10-14H2,3H3,(H,25,26). The summed E-state index contributed by atoms with van der Waals surface area (Å²) in [5.41, 5.74) is -0.908. The van der Waals surface area contributed by atoms with Crippen LogP contribution in [-0.4, -0.2) is 59.6 Å². The van der Waals surface area contributed by atoms with Crippen molar-refractivity contribution in [3.8, 4) is 18.1 Å². The minimum absolute atomic E-state index is 0.00796. The quantitative estimate of drug-likeness (QED) is 0.488. The minimum atomic E-state index is -1.21. The lowest BCUT2D eigenvalue weighted by molar-refractivity contribution is -0.138. The second-order valence-corrected chi connectivity index (χ2v) is 6.35. The van der Waals surface area contributed by atoms with E-state index in [-0.39, 0.29) is 32.5 Å². The van der Waals surface area contributed by atoms with Crippen LogP contribution in [0.5, 0.6) is 5.75 Å². The van der Waals surface area contributed by atoms with Gasteiger partial charge in [-0.05, 0) is 30.7 Å². The molecule has 1 unspecified atom stereocenters. The number of carbonyl (C=O) groups is 3. The molecule has 1 heterocycles. The summed E-state index contributed by atoms with van der Waals surface area (Å²) < 4.78 is 5.08. The van der Waals surface area contributed by atoms with Gasteiger partial charge in [0.2, 0.25) is 5.91 Å². The Bertz CT molecular complexity index is 781. The molecule has 1 aliphatic heterocycles. The fourth-order valence-corrected chi connectivity index (χ4v) is 3.19. The lowest BCUT2D eigenvalue weighted by Gasteiger charge is -2.33. The number of rotatable bonds is 5. The van der Waals surface area contributed by atoms with E-state index in [9.17, 15) is 19.5 Å². The smallest absolute Gasteiger partial charge is 0.407 e. The van der Waals surface area contributed by atoms with Crippen molar-refractivity contribution in [2.75, 3.05) is 26.7 Å². The summed E-state index contributed by atoms with van der Waals surface area (Å²) in [5.74, 6) is 2.05. The molecule has 1 fully saturated rings.